The van der Waals surface area contributed by atoms with Crippen molar-refractivity contribution in [1.29, 1.82) is 0 Å². The molecule has 136 valence electrons. The summed E-state index contributed by atoms with van der Waals surface area (Å²) >= 11 is 0. The van der Waals surface area contributed by atoms with Crippen LogP contribution in [0.5, 0.6) is 5.75 Å². The fourth-order valence-corrected chi connectivity index (χ4v) is 3.33. The Labute approximate surface area is 149 Å². The van der Waals surface area contributed by atoms with Crippen molar-refractivity contribution in [2.24, 2.45) is 5.41 Å². The van der Waals surface area contributed by atoms with Crippen LogP contribution < -0.4 is 10.1 Å². The third-order valence-electron chi connectivity index (χ3n) is 5.14. The van der Waals surface area contributed by atoms with E-state index in [0.29, 0.717) is 44.0 Å². The number of rotatable bonds is 6. The molecule has 0 atom stereocenters. The number of benzene rings is 1. The Morgan fingerprint density at radius 2 is 1.80 bits per heavy atom. The van der Waals surface area contributed by atoms with E-state index in [4.69, 9.17) is 4.74 Å². The molecule has 2 aliphatic rings. The number of ether oxygens (including phenoxy) is 1. The fraction of sp³-hybridized carbons (Fsp3) is 0.579. The molecule has 0 unspecified atom stereocenters. The topological polar surface area (TPSA) is 61.9 Å². The molecule has 1 aromatic rings. The molecule has 6 nitrogen and oxygen atoms in total. The summed E-state index contributed by atoms with van der Waals surface area (Å²) in [6.45, 7) is 8.73. The van der Waals surface area contributed by atoms with Crippen molar-refractivity contribution in [2.45, 2.75) is 26.7 Å². The zero-order chi connectivity index (χ0) is 17.9. The number of nitrogens with one attached hydrogen (secondary N) is 1. The lowest BCUT2D eigenvalue weighted by molar-refractivity contribution is -0.143. The highest BCUT2D eigenvalue weighted by atomic mass is 16.5. The van der Waals surface area contributed by atoms with E-state index >= 15 is 0 Å². The summed E-state index contributed by atoms with van der Waals surface area (Å²) in [7, 11) is 0. The SMILES string of the molecule is CCOc1ccccc1NC(=O)C1(C(=O)N2CCN(CC)CC2)CC1. The number of piperazine rings is 1. The van der Waals surface area contributed by atoms with Gasteiger partial charge in [0.05, 0.1) is 12.3 Å². The number of hydrogen-bond acceptors (Lipinski definition) is 4. The fourth-order valence-electron chi connectivity index (χ4n) is 3.33. The molecule has 0 aromatic heterocycles. The summed E-state index contributed by atoms with van der Waals surface area (Å²) in [6.07, 6.45) is 1.25. The van der Waals surface area contributed by atoms with Crippen molar-refractivity contribution in [2.75, 3.05) is 44.6 Å². The van der Waals surface area contributed by atoms with Gasteiger partial charge in [-0.1, -0.05) is 19.1 Å². The number of likely N-dealkylation sites (N-methyl/N-ethyl adjacent to an activating group) is 1. The second-order valence-corrected chi connectivity index (χ2v) is 6.69. The molecule has 0 bridgehead atoms. The zero-order valence-electron chi connectivity index (χ0n) is 15.1. The summed E-state index contributed by atoms with van der Waals surface area (Å²) in [5.41, 5.74) is -0.252. The first kappa shape index (κ1) is 17.7. The Kier molecular flexibility index (Phi) is 5.27. The molecule has 1 aromatic carbocycles. The van der Waals surface area contributed by atoms with E-state index in [2.05, 4.69) is 17.1 Å². The maximum atomic E-state index is 12.9. The smallest absolute Gasteiger partial charge is 0.240 e. The van der Waals surface area contributed by atoms with E-state index in [1.54, 1.807) is 0 Å². The number of anilines is 1. The number of carbonyl (C=O) groups excluding carboxylic acids is 2. The van der Waals surface area contributed by atoms with Gasteiger partial charge in [0, 0.05) is 26.2 Å². The summed E-state index contributed by atoms with van der Waals surface area (Å²) in [5.74, 6) is 0.412. The number of nitrogens with zero attached hydrogens (tertiary/aromatic N) is 2. The summed E-state index contributed by atoms with van der Waals surface area (Å²) in [4.78, 5) is 29.9. The minimum Gasteiger partial charge on any atom is -0.492 e. The second kappa shape index (κ2) is 7.44. The second-order valence-electron chi connectivity index (χ2n) is 6.69. The van der Waals surface area contributed by atoms with Crippen LogP contribution >= 0.6 is 0 Å². The highest BCUT2D eigenvalue weighted by Gasteiger charge is 2.58. The lowest BCUT2D eigenvalue weighted by Gasteiger charge is -2.35. The number of carbonyl (C=O) groups is 2. The first-order valence-electron chi connectivity index (χ1n) is 9.15. The molecule has 1 N–H and O–H groups in total. The third kappa shape index (κ3) is 3.63. The molecule has 1 saturated heterocycles. The highest BCUT2D eigenvalue weighted by molar-refractivity contribution is 6.13. The molecule has 6 heteroatoms. The van der Waals surface area contributed by atoms with E-state index < -0.39 is 5.41 Å². The average Bonchev–Trinajstić information content (AvgIpc) is 3.45. The molecule has 3 rings (SSSR count). The van der Waals surface area contributed by atoms with Crippen LogP contribution in [0.4, 0.5) is 5.69 Å². The standard InChI is InChI=1S/C19H27N3O3/c1-3-21-11-13-22(14-12-21)18(24)19(9-10-19)17(23)20-15-7-5-6-8-16(15)25-4-2/h5-8H,3-4,9-14H2,1-2H3,(H,20,23). The van der Waals surface area contributed by atoms with Crippen LogP contribution in [0.2, 0.25) is 0 Å². The van der Waals surface area contributed by atoms with Crippen molar-refractivity contribution in [1.82, 2.24) is 9.80 Å². The first-order chi connectivity index (χ1) is 12.1. The predicted octanol–water partition coefficient (Wildman–Crippen LogP) is 1.97. The Morgan fingerprint density at radius 1 is 1.12 bits per heavy atom. The summed E-state index contributed by atoms with van der Waals surface area (Å²) < 4.78 is 5.56. The van der Waals surface area contributed by atoms with Crippen LogP contribution in [-0.2, 0) is 9.59 Å². The molecule has 1 saturated carbocycles. The minimum absolute atomic E-state index is 0.0188. The van der Waals surface area contributed by atoms with Gasteiger partial charge in [-0.25, -0.2) is 0 Å². The molecular formula is C19H27N3O3. The van der Waals surface area contributed by atoms with Gasteiger partial charge in [-0.2, -0.15) is 0 Å². The lowest BCUT2D eigenvalue weighted by atomic mass is 10.0. The van der Waals surface area contributed by atoms with Gasteiger partial charge in [0.2, 0.25) is 11.8 Å². The largest absolute Gasteiger partial charge is 0.492 e. The van der Waals surface area contributed by atoms with E-state index in [-0.39, 0.29) is 11.8 Å². The molecular weight excluding hydrogens is 318 g/mol. The molecule has 0 spiro atoms. The van der Waals surface area contributed by atoms with Crippen LogP contribution in [0.3, 0.4) is 0 Å². The van der Waals surface area contributed by atoms with Gasteiger partial charge >= 0.3 is 0 Å². The van der Waals surface area contributed by atoms with Crippen LogP contribution in [-0.4, -0.2) is 60.9 Å². The molecule has 1 aliphatic carbocycles. The van der Waals surface area contributed by atoms with Gasteiger partial charge in [-0.3, -0.25) is 9.59 Å². The van der Waals surface area contributed by atoms with Crippen LogP contribution in [0.15, 0.2) is 24.3 Å². The normalized spacial score (nSPS) is 19.4. The van der Waals surface area contributed by atoms with Crippen molar-refractivity contribution in [3.8, 4) is 5.75 Å². The highest BCUT2D eigenvalue weighted by Crippen LogP contribution is 2.48. The molecule has 2 fully saturated rings. The van der Waals surface area contributed by atoms with Crippen LogP contribution in [0.1, 0.15) is 26.7 Å². The molecule has 1 aliphatic heterocycles. The number of hydrogen-bond donors (Lipinski definition) is 1. The van der Waals surface area contributed by atoms with Gasteiger partial charge in [-0.05, 0) is 38.4 Å². The average molecular weight is 345 g/mol. The van der Waals surface area contributed by atoms with Crippen molar-refractivity contribution in [3.05, 3.63) is 24.3 Å². The van der Waals surface area contributed by atoms with E-state index in [1.807, 2.05) is 36.1 Å². The van der Waals surface area contributed by atoms with Gasteiger partial charge in [0.25, 0.3) is 0 Å². The first-order valence-corrected chi connectivity index (χ1v) is 9.15. The number of para-hydroxylation sites is 2. The summed E-state index contributed by atoms with van der Waals surface area (Å²) in [5, 5.41) is 2.92. The van der Waals surface area contributed by atoms with Crippen molar-refractivity contribution >= 4 is 17.5 Å². The third-order valence-corrected chi connectivity index (χ3v) is 5.14. The Morgan fingerprint density at radius 3 is 2.40 bits per heavy atom. The molecule has 25 heavy (non-hydrogen) atoms. The van der Waals surface area contributed by atoms with Gasteiger partial charge in [0.1, 0.15) is 11.2 Å². The van der Waals surface area contributed by atoms with Crippen molar-refractivity contribution in [3.63, 3.8) is 0 Å². The predicted molar refractivity (Wildman–Crippen MR) is 96.6 cm³/mol. The van der Waals surface area contributed by atoms with Gasteiger partial charge < -0.3 is 19.9 Å². The Hall–Kier alpha value is -2.08. The lowest BCUT2D eigenvalue weighted by Crippen LogP contribution is -2.52. The number of amides is 2. The van der Waals surface area contributed by atoms with Crippen LogP contribution in [0, 0.1) is 5.41 Å². The van der Waals surface area contributed by atoms with Crippen molar-refractivity contribution < 1.29 is 14.3 Å². The quantitative estimate of drug-likeness (QED) is 0.801. The minimum atomic E-state index is -0.881. The van der Waals surface area contributed by atoms with Gasteiger partial charge in [-0.15, -0.1) is 0 Å². The maximum absolute atomic E-state index is 12.9. The molecule has 0 radical (unpaired) electrons. The van der Waals surface area contributed by atoms with Crippen LogP contribution in [0.25, 0.3) is 0 Å². The summed E-state index contributed by atoms with van der Waals surface area (Å²) in [6, 6.07) is 7.35. The monoisotopic (exact) mass is 345 g/mol. The Bertz CT molecular complexity index is 635. The van der Waals surface area contributed by atoms with E-state index in [9.17, 15) is 9.59 Å². The molecule has 2 amide bonds. The maximum Gasteiger partial charge on any atom is 0.240 e. The van der Waals surface area contributed by atoms with E-state index in [0.717, 1.165) is 19.6 Å². The van der Waals surface area contributed by atoms with Gasteiger partial charge in [0.15, 0.2) is 0 Å². The molecule has 1 heterocycles. The Balaban J connectivity index is 1.67. The zero-order valence-corrected chi connectivity index (χ0v) is 15.1. The van der Waals surface area contributed by atoms with E-state index in [1.165, 1.54) is 0 Å².